The highest BCUT2D eigenvalue weighted by atomic mass is 16.5. The summed E-state index contributed by atoms with van der Waals surface area (Å²) in [5.74, 6) is -0.115. The molecule has 18 heavy (non-hydrogen) atoms. The molecule has 0 saturated carbocycles. The average Bonchev–Trinajstić information content (AvgIpc) is 2.51. The van der Waals surface area contributed by atoms with Gasteiger partial charge >= 0.3 is 5.97 Å². The Morgan fingerprint density at radius 2 is 1.78 bits per heavy atom. The summed E-state index contributed by atoms with van der Waals surface area (Å²) in [4.78, 5) is 13.8. The van der Waals surface area contributed by atoms with Gasteiger partial charge in [0.05, 0.1) is 12.6 Å². The third kappa shape index (κ3) is 3.57. The number of ether oxygens (including phenoxy) is 1. The summed E-state index contributed by atoms with van der Waals surface area (Å²) in [6.07, 6.45) is 2.01. The fourth-order valence-corrected chi connectivity index (χ4v) is 2.36. The van der Waals surface area contributed by atoms with E-state index in [-0.39, 0.29) is 12.1 Å². The molecule has 1 heterocycles. The molecule has 1 aromatic carbocycles. The first-order valence-electron chi connectivity index (χ1n) is 6.64. The van der Waals surface area contributed by atoms with E-state index >= 15 is 0 Å². The second-order valence-electron chi connectivity index (χ2n) is 5.08. The van der Waals surface area contributed by atoms with E-state index in [0.717, 1.165) is 25.9 Å². The Hall–Kier alpha value is -1.35. The first kappa shape index (κ1) is 13.1. The summed E-state index contributed by atoms with van der Waals surface area (Å²) in [5, 5.41) is 0. The van der Waals surface area contributed by atoms with Gasteiger partial charge in [0.2, 0.25) is 0 Å². The number of rotatable bonds is 3. The van der Waals surface area contributed by atoms with Crippen molar-refractivity contribution in [2.45, 2.75) is 32.8 Å². The van der Waals surface area contributed by atoms with Gasteiger partial charge in [-0.05, 0) is 37.8 Å². The van der Waals surface area contributed by atoms with Crippen LogP contribution >= 0.6 is 0 Å². The van der Waals surface area contributed by atoms with Gasteiger partial charge in [0, 0.05) is 13.1 Å². The minimum absolute atomic E-state index is 0.0262. The number of benzene rings is 1. The smallest absolute Gasteiger partial charge is 0.320 e. The fraction of sp³-hybridized carbons (Fsp3) is 0.533. The molecule has 0 spiro atoms. The second kappa shape index (κ2) is 6.01. The van der Waals surface area contributed by atoms with Crippen molar-refractivity contribution < 1.29 is 9.53 Å². The summed E-state index contributed by atoms with van der Waals surface area (Å²) in [5.41, 5.74) is 2.83. The molecule has 0 N–H and O–H groups in total. The van der Waals surface area contributed by atoms with Crippen molar-refractivity contribution in [1.82, 2.24) is 4.90 Å². The van der Waals surface area contributed by atoms with Gasteiger partial charge in [-0.25, -0.2) is 0 Å². The molecule has 0 atom stereocenters. The molecular formula is C15H21NO2. The van der Waals surface area contributed by atoms with Crippen LogP contribution in [0.4, 0.5) is 0 Å². The van der Waals surface area contributed by atoms with Gasteiger partial charge in [-0.15, -0.1) is 0 Å². The maximum atomic E-state index is 11.6. The average molecular weight is 247 g/mol. The summed E-state index contributed by atoms with van der Waals surface area (Å²) in [6, 6.07) is 8.54. The van der Waals surface area contributed by atoms with Gasteiger partial charge in [-0.2, -0.15) is 0 Å². The lowest BCUT2D eigenvalue weighted by molar-refractivity contribution is -0.148. The normalized spacial score (nSPS) is 16.2. The molecule has 1 aliphatic rings. The van der Waals surface area contributed by atoms with Crippen LogP contribution in [-0.2, 0) is 22.4 Å². The van der Waals surface area contributed by atoms with E-state index in [2.05, 4.69) is 29.2 Å². The summed E-state index contributed by atoms with van der Waals surface area (Å²) < 4.78 is 5.19. The number of nitrogens with zero attached hydrogens (tertiary/aromatic N) is 1. The highest BCUT2D eigenvalue weighted by molar-refractivity contribution is 5.71. The van der Waals surface area contributed by atoms with Crippen LogP contribution in [0.25, 0.3) is 0 Å². The third-order valence-corrected chi connectivity index (χ3v) is 3.23. The minimum Gasteiger partial charge on any atom is -0.462 e. The quantitative estimate of drug-likeness (QED) is 0.766. The van der Waals surface area contributed by atoms with E-state index in [1.165, 1.54) is 11.1 Å². The van der Waals surface area contributed by atoms with Crippen LogP contribution in [0.5, 0.6) is 0 Å². The van der Waals surface area contributed by atoms with E-state index < -0.39 is 0 Å². The largest absolute Gasteiger partial charge is 0.462 e. The van der Waals surface area contributed by atoms with Crippen molar-refractivity contribution in [3.63, 3.8) is 0 Å². The van der Waals surface area contributed by atoms with Gasteiger partial charge < -0.3 is 4.74 Å². The van der Waals surface area contributed by atoms with Crippen molar-refractivity contribution in [2.75, 3.05) is 19.6 Å². The van der Waals surface area contributed by atoms with Crippen LogP contribution in [0.15, 0.2) is 24.3 Å². The Balaban J connectivity index is 1.90. The first-order valence-corrected chi connectivity index (χ1v) is 6.64. The lowest BCUT2D eigenvalue weighted by Gasteiger charge is -2.19. The highest BCUT2D eigenvalue weighted by Crippen LogP contribution is 2.15. The molecule has 0 unspecified atom stereocenters. The zero-order chi connectivity index (χ0) is 13.0. The van der Waals surface area contributed by atoms with Gasteiger partial charge in [0.1, 0.15) is 0 Å². The minimum atomic E-state index is -0.115. The highest BCUT2D eigenvalue weighted by Gasteiger charge is 2.17. The second-order valence-corrected chi connectivity index (χ2v) is 5.08. The zero-order valence-corrected chi connectivity index (χ0v) is 11.2. The van der Waals surface area contributed by atoms with Gasteiger partial charge in [-0.3, -0.25) is 9.69 Å². The van der Waals surface area contributed by atoms with Crippen molar-refractivity contribution >= 4 is 5.97 Å². The number of hydrogen-bond acceptors (Lipinski definition) is 3. The number of fused-ring (bicyclic) bond motifs is 1. The Morgan fingerprint density at radius 1 is 1.22 bits per heavy atom. The molecule has 0 fully saturated rings. The van der Waals surface area contributed by atoms with Crippen LogP contribution < -0.4 is 0 Å². The van der Waals surface area contributed by atoms with Crippen LogP contribution in [-0.4, -0.2) is 36.6 Å². The van der Waals surface area contributed by atoms with E-state index in [0.29, 0.717) is 6.54 Å². The summed E-state index contributed by atoms with van der Waals surface area (Å²) in [6.45, 7) is 6.05. The molecule has 2 rings (SSSR count). The van der Waals surface area contributed by atoms with E-state index in [4.69, 9.17) is 4.74 Å². The van der Waals surface area contributed by atoms with E-state index in [1.807, 2.05) is 13.8 Å². The fourth-order valence-electron chi connectivity index (χ4n) is 2.36. The number of carbonyl (C=O) groups excluding carboxylic acids is 1. The predicted octanol–water partition coefficient (Wildman–Crippen LogP) is 2.04. The lowest BCUT2D eigenvalue weighted by Crippen LogP contribution is -2.34. The van der Waals surface area contributed by atoms with Crippen molar-refractivity contribution in [3.05, 3.63) is 35.4 Å². The van der Waals surface area contributed by atoms with Crippen molar-refractivity contribution in [2.24, 2.45) is 0 Å². The molecule has 1 aromatic rings. The number of hydrogen-bond donors (Lipinski definition) is 0. The maximum Gasteiger partial charge on any atom is 0.320 e. The van der Waals surface area contributed by atoms with Gasteiger partial charge in [0.25, 0.3) is 0 Å². The van der Waals surface area contributed by atoms with Crippen LogP contribution in [0.2, 0.25) is 0 Å². The van der Waals surface area contributed by atoms with Crippen molar-refractivity contribution in [1.29, 1.82) is 0 Å². The molecule has 0 bridgehead atoms. The third-order valence-electron chi connectivity index (χ3n) is 3.23. The topological polar surface area (TPSA) is 29.5 Å². The monoisotopic (exact) mass is 247 g/mol. The molecular weight excluding hydrogens is 226 g/mol. The Labute approximate surface area is 109 Å². The van der Waals surface area contributed by atoms with Crippen LogP contribution in [0.1, 0.15) is 25.0 Å². The van der Waals surface area contributed by atoms with E-state index in [1.54, 1.807) is 0 Å². The van der Waals surface area contributed by atoms with Crippen LogP contribution in [0, 0.1) is 0 Å². The molecule has 0 amide bonds. The van der Waals surface area contributed by atoms with Gasteiger partial charge in [-0.1, -0.05) is 24.3 Å². The molecule has 98 valence electrons. The Kier molecular flexibility index (Phi) is 4.37. The summed E-state index contributed by atoms with van der Waals surface area (Å²) in [7, 11) is 0. The summed E-state index contributed by atoms with van der Waals surface area (Å²) >= 11 is 0. The van der Waals surface area contributed by atoms with Gasteiger partial charge in [0.15, 0.2) is 0 Å². The van der Waals surface area contributed by atoms with E-state index in [9.17, 15) is 4.79 Å². The van der Waals surface area contributed by atoms with Crippen molar-refractivity contribution in [3.8, 4) is 0 Å². The SMILES string of the molecule is CC(C)OC(=O)CN1CCc2ccccc2CC1. The van der Waals surface area contributed by atoms with Crippen LogP contribution in [0.3, 0.4) is 0 Å². The molecule has 0 aromatic heterocycles. The maximum absolute atomic E-state index is 11.6. The molecule has 1 aliphatic heterocycles. The predicted molar refractivity (Wildman–Crippen MR) is 71.5 cm³/mol. The standard InChI is InChI=1S/C15H21NO2/c1-12(2)18-15(17)11-16-9-7-13-5-3-4-6-14(13)8-10-16/h3-6,12H,7-11H2,1-2H3. The molecule has 0 radical (unpaired) electrons. The Bertz CT molecular complexity index is 388. The molecule has 3 heteroatoms. The Morgan fingerprint density at radius 3 is 2.28 bits per heavy atom. The zero-order valence-electron chi connectivity index (χ0n) is 11.2. The lowest BCUT2D eigenvalue weighted by atomic mass is 10.0. The number of esters is 1. The molecule has 0 aliphatic carbocycles. The molecule has 0 saturated heterocycles. The number of carbonyl (C=O) groups is 1. The molecule has 3 nitrogen and oxygen atoms in total. The first-order chi connectivity index (χ1) is 8.65.